The van der Waals surface area contributed by atoms with Gasteiger partial charge in [0.15, 0.2) is 0 Å². The minimum atomic E-state index is -0.330. The normalized spacial score (nSPS) is 26.9. The van der Waals surface area contributed by atoms with Crippen molar-refractivity contribution in [1.82, 2.24) is 0 Å². The van der Waals surface area contributed by atoms with Gasteiger partial charge in [0.25, 0.3) is 0 Å². The Kier molecular flexibility index (Phi) is 2.67. The van der Waals surface area contributed by atoms with Crippen molar-refractivity contribution in [3.05, 3.63) is 11.6 Å². The van der Waals surface area contributed by atoms with E-state index in [0.29, 0.717) is 0 Å². The SMILES string of the molecule is N#C/C=C1\CCCC1C(=O)Cl. The lowest BCUT2D eigenvalue weighted by Gasteiger charge is -2.02. The van der Waals surface area contributed by atoms with Crippen LogP contribution in [-0.4, -0.2) is 5.24 Å². The van der Waals surface area contributed by atoms with Crippen LogP contribution in [0.5, 0.6) is 0 Å². The number of allylic oxidation sites excluding steroid dienone is 2. The first kappa shape index (κ1) is 8.29. The van der Waals surface area contributed by atoms with Gasteiger partial charge in [-0.2, -0.15) is 5.26 Å². The Morgan fingerprint density at radius 2 is 2.55 bits per heavy atom. The Morgan fingerprint density at radius 3 is 3.09 bits per heavy atom. The molecular weight excluding hydrogens is 162 g/mol. The molecular formula is C8H8ClNO. The van der Waals surface area contributed by atoms with Gasteiger partial charge < -0.3 is 0 Å². The summed E-state index contributed by atoms with van der Waals surface area (Å²) in [5, 5.41) is 8.02. The van der Waals surface area contributed by atoms with E-state index in [-0.39, 0.29) is 11.2 Å². The van der Waals surface area contributed by atoms with Crippen LogP contribution in [0.15, 0.2) is 11.6 Å². The Balaban J connectivity index is 2.75. The van der Waals surface area contributed by atoms with Crippen molar-refractivity contribution in [2.24, 2.45) is 5.92 Å². The van der Waals surface area contributed by atoms with E-state index in [1.54, 1.807) is 0 Å². The third-order valence-corrected chi connectivity index (χ3v) is 2.19. The molecule has 1 atom stereocenters. The van der Waals surface area contributed by atoms with Crippen LogP contribution in [0.2, 0.25) is 0 Å². The molecule has 0 aromatic carbocycles. The summed E-state index contributed by atoms with van der Waals surface area (Å²) >= 11 is 5.33. The van der Waals surface area contributed by atoms with E-state index >= 15 is 0 Å². The van der Waals surface area contributed by atoms with E-state index in [9.17, 15) is 4.79 Å². The highest BCUT2D eigenvalue weighted by atomic mass is 35.5. The van der Waals surface area contributed by atoms with Crippen molar-refractivity contribution in [1.29, 1.82) is 5.26 Å². The molecule has 1 rings (SSSR count). The van der Waals surface area contributed by atoms with Crippen LogP contribution < -0.4 is 0 Å². The molecule has 11 heavy (non-hydrogen) atoms. The quantitative estimate of drug-likeness (QED) is 0.445. The van der Waals surface area contributed by atoms with Crippen LogP contribution in [0.1, 0.15) is 19.3 Å². The Hall–Kier alpha value is -0.810. The van der Waals surface area contributed by atoms with Crippen LogP contribution in [0.4, 0.5) is 0 Å². The first-order valence-corrected chi connectivity index (χ1v) is 3.91. The van der Waals surface area contributed by atoms with Gasteiger partial charge in [-0.25, -0.2) is 0 Å². The summed E-state index contributed by atoms with van der Waals surface area (Å²) < 4.78 is 0. The first-order valence-electron chi connectivity index (χ1n) is 3.53. The maximum atomic E-state index is 10.7. The molecule has 0 radical (unpaired) electrons. The molecule has 0 N–H and O–H groups in total. The van der Waals surface area contributed by atoms with Gasteiger partial charge in [-0.15, -0.1) is 0 Å². The summed E-state index contributed by atoms with van der Waals surface area (Å²) in [6, 6.07) is 1.92. The summed E-state index contributed by atoms with van der Waals surface area (Å²) in [5.41, 5.74) is 0.896. The van der Waals surface area contributed by atoms with Gasteiger partial charge in [-0.1, -0.05) is 0 Å². The van der Waals surface area contributed by atoms with Crippen molar-refractivity contribution in [2.75, 3.05) is 0 Å². The Labute approximate surface area is 70.5 Å². The van der Waals surface area contributed by atoms with Crippen LogP contribution in [0.3, 0.4) is 0 Å². The molecule has 58 valence electrons. The van der Waals surface area contributed by atoms with Crippen molar-refractivity contribution >= 4 is 16.8 Å². The molecule has 0 amide bonds. The van der Waals surface area contributed by atoms with E-state index in [1.165, 1.54) is 6.08 Å². The third kappa shape index (κ3) is 1.81. The topological polar surface area (TPSA) is 40.9 Å². The van der Waals surface area contributed by atoms with Gasteiger partial charge >= 0.3 is 0 Å². The fraction of sp³-hybridized carbons (Fsp3) is 0.500. The van der Waals surface area contributed by atoms with Gasteiger partial charge in [0.1, 0.15) is 0 Å². The van der Waals surface area contributed by atoms with E-state index in [4.69, 9.17) is 16.9 Å². The van der Waals surface area contributed by atoms with E-state index < -0.39 is 0 Å². The number of rotatable bonds is 1. The summed E-state index contributed by atoms with van der Waals surface area (Å²) in [5.74, 6) is -0.184. The van der Waals surface area contributed by atoms with Gasteiger partial charge in [0.2, 0.25) is 5.24 Å². The molecule has 0 aromatic heterocycles. The van der Waals surface area contributed by atoms with E-state index in [0.717, 1.165) is 24.8 Å². The van der Waals surface area contributed by atoms with Gasteiger partial charge in [0.05, 0.1) is 12.0 Å². The zero-order valence-corrected chi connectivity index (χ0v) is 6.77. The molecule has 0 spiro atoms. The number of halogens is 1. The largest absolute Gasteiger partial charge is 0.281 e. The summed E-state index contributed by atoms with van der Waals surface area (Å²) in [6.07, 6.45) is 4.06. The molecule has 3 heteroatoms. The van der Waals surface area contributed by atoms with Crippen LogP contribution in [0.25, 0.3) is 0 Å². The summed E-state index contributed by atoms with van der Waals surface area (Å²) in [6.45, 7) is 0. The zero-order chi connectivity index (χ0) is 8.27. The van der Waals surface area contributed by atoms with Crippen LogP contribution >= 0.6 is 11.6 Å². The molecule has 1 aliphatic rings. The second-order valence-corrected chi connectivity index (χ2v) is 2.97. The molecule has 0 saturated heterocycles. The van der Waals surface area contributed by atoms with Gasteiger partial charge in [-0.3, -0.25) is 4.79 Å². The second kappa shape index (κ2) is 3.54. The average molecular weight is 170 g/mol. The molecule has 1 fully saturated rings. The molecule has 0 aliphatic heterocycles. The van der Waals surface area contributed by atoms with E-state index in [1.807, 2.05) is 6.07 Å². The maximum absolute atomic E-state index is 10.7. The number of nitrogens with zero attached hydrogens (tertiary/aromatic N) is 1. The molecule has 1 unspecified atom stereocenters. The van der Waals surface area contributed by atoms with E-state index in [2.05, 4.69) is 0 Å². The molecule has 1 saturated carbocycles. The Bertz CT molecular complexity index is 239. The number of hydrogen-bond acceptors (Lipinski definition) is 2. The highest BCUT2D eigenvalue weighted by Gasteiger charge is 2.25. The van der Waals surface area contributed by atoms with Crippen molar-refractivity contribution < 1.29 is 4.79 Å². The van der Waals surface area contributed by atoms with Crippen LogP contribution in [-0.2, 0) is 4.79 Å². The number of carbonyl (C=O) groups is 1. The molecule has 2 nitrogen and oxygen atoms in total. The minimum Gasteiger partial charge on any atom is -0.281 e. The highest BCUT2D eigenvalue weighted by molar-refractivity contribution is 6.64. The van der Waals surface area contributed by atoms with Gasteiger partial charge in [0, 0.05) is 6.08 Å². The fourth-order valence-electron chi connectivity index (χ4n) is 1.38. The first-order chi connectivity index (χ1) is 5.25. The lowest BCUT2D eigenvalue weighted by atomic mass is 10.0. The molecule has 1 aliphatic carbocycles. The molecule has 0 bridgehead atoms. The predicted octanol–water partition coefficient (Wildman–Crippen LogP) is 2.00. The number of nitriles is 1. The monoisotopic (exact) mass is 169 g/mol. The number of carbonyl (C=O) groups excluding carboxylic acids is 1. The summed E-state index contributed by atoms with van der Waals surface area (Å²) in [4.78, 5) is 10.7. The summed E-state index contributed by atoms with van der Waals surface area (Å²) in [7, 11) is 0. The van der Waals surface area contributed by atoms with Crippen molar-refractivity contribution in [3.63, 3.8) is 0 Å². The third-order valence-electron chi connectivity index (χ3n) is 1.93. The lowest BCUT2D eigenvalue weighted by molar-refractivity contribution is -0.114. The number of hydrogen-bond donors (Lipinski definition) is 0. The maximum Gasteiger partial charge on any atom is 0.228 e. The second-order valence-electron chi connectivity index (χ2n) is 2.60. The molecule has 0 heterocycles. The van der Waals surface area contributed by atoms with Crippen molar-refractivity contribution in [3.8, 4) is 6.07 Å². The lowest BCUT2D eigenvalue weighted by Crippen LogP contribution is -2.04. The van der Waals surface area contributed by atoms with Crippen LogP contribution in [0, 0.1) is 17.2 Å². The average Bonchev–Trinajstić information content (AvgIpc) is 2.36. The highest BCUT2D eigenvalue weighted by Crippen LogP contribution is 2.32. The molecule has 0 aromatic rings. The predicted molar refractivity (Wildman–Crippen MR) is 41.9 cm³/mol. The van der Waals surface area contributed by atoms with Crippen molar-refractivity contribution in [2.45, 2.75) is 19.3 Å². The Morgan fingerprint density at radius 1 is 1.82 bits per heavy atom. The fourth-order valence-corrected chi connectivity index (χ4v) is 1.63. The zero-order valence-electron chi connectivity index (χ0n) is 6.01. The van der Waals surface area contributed by atoms with Gasteiger partial charge in [-0.05, 0) is 36.4 Å². The minimum absolute atomic E-state index is 0.184. The smallest absolute Gasteiger partial charge is 0.228 e. The standard InChI is InChI=1S/C8H8ClNO/c9-8(11)7-3-1-2-6(7)4-5-10/h4,7H,1-3H2/b6-4+.